The Balaban J connectivity index is 2.31. The summed E-state index contributed by atoms with van der Waals surface area (Å²) >= 11 is 6.30. The molecule has 0 bridgehead atoms. The molecule has 3 rings (SSSR count). The number of benzene rings is 1. The molecule has 0 unspecified atom stereocenters. The van der Waals surface area contributed by atoms with E-state index in [2.05, 4.69) is 16.5 Å². The van der Waals surface area contributed by atoms with E-state index in [9.17, 15) is 0 Å². The number of nitrogen functional groups attached to an aromatic ring is 1. The van der Waals surface area contributed by atoms with Gasteiger partial charge in [0.2, 0.25) is 5.95 Å². The number of hydrogen-bond donors (Lipinski definition) is 1. The van der Waals surface area contributed by atoms with Crippen LogP contribution in [0.1, 0.15) is 32.6 Å². The quantitative estimate of drug-likeness (QED) is 0.884. The van der Waals surface area contributed by atoms with Crippen molar-refractivity contribution in [3.63, 3.8) is 0 Å². The molecule has 0 spiro atoms. The maximum Gasteiger partial charge on any atom is 0.201 e. The average Bonchev–Trinajstić information content (AvgIpc) is 2.57. The fraction of sp³-hybridized carbons (Fsp3) is 0.462. The van der Waals surface area contributed by atoms with Gasteiger partial charge in [0.1, 0.15) is 0 Å². The predicted octanol–water partition coefficient (Wildman–Crippen LogP) is 3.56. The van der Waals surface area contributed by atoms with Gasteiger partial charge in [0.15, 0.2) is 0 Å². The minimum Gasteiger partial charge on any atom is -0.369 e. The second-order valence-electron chi connectivity index (χ2n) is 4.84. The van der Waals surface area contributed by atoms with Crippen molar-refractivity contribution in [1.29, 1.82) is 0 Å². The van der Waals surface area contributed by atoms with Crippen molar-refractivity contribution in [2.75, 3.05) is 5.73 Å². The van der Waals surface area contributed by atoms with Crippen molar-refractivity contribution in [3.8, 4) is 0 Å². The summed E-state index contributed by atoms with van der Waals surface area (Å²) in [7, 11) is 0. The number of aromatic nitrogens is 2. The van der Waals surface area contributed by atoms with Crippen LogP contribution in [0.4, 0.5) is 5.95 Å². The van der Waals surface area contributed by atoms with E-state index in [1.807, 2.05) is 18.2 Å². The lowest BCUT2D eigenvalue weighted by Crippen LogP contribution is -2.40. The summed E-state index contributed by atoms with van der Waals surface area (Å²) in [4.78, 5) is 4.43. The number of imidazole rings is 1. The Morgan fingerprint density at radius 1 is 1.47 bits per heavy atom. The van der Waals surface area contributed by atoms with Gasteiger partial charge in [-0.2, -0.15) is 0 Å². The summed E-state index contributed by atoms with van der Waals surface area (Å²) < 4.78 is 2.16. The highest BCUT2D eigenvalue weighted by Gasteiger charge is 2.39. The fourth-order valence-electron chi connectivity index (χ4n) is 2.90. The molecule has 0 saturated heterocycles. The molecule has 1 aliphatic carbocycles. The topological polar surface area (TPSA) is 43.8 Å². The van der Waals surface area contributed by atoms with Crippen LogP contribution in [0.2, 0.25) is 5.02 Å². The highest BCUT2D eigenvalue weighted by molar-refractivity contribution is 6.35. The average molecular weight is 250 g/mol. The van der Waals surface area contributed by atoms with E-state index < -0.39 is 0 Å². The minimum absolute atomic E-state index is 0.143. The van der Waals surface area contributed by atoms with Gasteiger partial charge < -0.3 is 10.3 Å². The van der Waals surface area contributed by atoms with E-state index in [0.717, 1.165) is 22.5 Å². The summed E-state index contributed by atoms with van der Waals surface area (Å²) in [5.41, 5.74) is 8.12. The molecule has 1 saturated carbocycles. The number of halogens is 1. The van der Waals surface area contributed by atoms with Gasteiger partial charge in [-0.05, 0) is 37.8 Å². The molecule has 1 aromatic heterocycles. The number of para-hydroxylation sites is 1. The first-order valence-electron chi connectivity index (χ1n) is 6.11. The summed E-state index contributed by atoms with van der Waals surface area (Å²) in [6.07, 6.45) is 4.68. The molecule has 1 heterocycles. The molecule has 0 radical (unpaired) electrons. The Bertz CT molecular complexity index is 564. The molecule has 1 fully saturated rings. The Morgan fingerprint density at radius 3 is 2.82 bits per heavy atom. The van der Waals surface area contributed by atoms with Crippen molar-refractivity contribution in [2.45, 2.75) is 38.1 Å². The van der Waals surface area contributed by atoms with E-state index >= 15 is 0 Å². The van der Waals surface area contributed by atoms with Crippen molar-refractivity contribution in [3.05, 3.63) is 23.2 Å². The number of rotatable bonds is 2. The lowest BCUT2D eigenvalue weighted by atomic mass is 9.74. The molecule has 1 aromatic carbocycles. The summed E-state index contributed by atoms with van der Waals surface area (Å²) in [6.45, 7) is 2.21. The molecular weight excluding hydrogens is 234 g/mol. The zero-order chi connectivity index (χ0) is 12.0. The second-order valence-corrected chi connectivity index (χ2v) is 5.25. The standard InChI is InChI=1S/C13H16ClN3/c1-2-13(7-4-8-13)17-11-9(14)5-3-6-10(11)16-12(17)15/h3,5-6H,2,4,7-8H2,1H3,(H2,15,16). The number of nitrogens with zero attached hydrogens (tertiary/aromatic N) is 2. The molecule has 0 aliphatic heterocycles. The fourth-order valence-corrected chi connectivity index (χ4v) is 3.16. The summed E-state index contributed by atoms with van der Waals surface area (Å²) in [6, 6.07) is 5.79. The molecular formula is C13H16ClN3. The molecule has 17 heavy (non-hydrogen) atoms. The van der Waals surface area contributed by atoms with Crippen molar-refractivity contribution < 1.29 is 0 Å². The second kappa shape index (κ2) is 3.64. The van der Waals surface area contributed by atoms with Crippen LogP contribution in [0.25, 0.3) is 11.0 Å². The molecule has 90 valence electrons. The van der Waals surface area contributed by atoms with E-state index in [1.165, 1.54) is 19.3 Å². The SMILES string of the molecule is CCC1(n2c(N)nc3cccc(Cl)c32)CCC1. The Hall–Kier alpha value is -1.22. The zero-order valence-corrected chi connectivity index (χ0v) is 10.7. The maximum absolute atomic E-state index is 6.30. The van der Waals surface area contributed by atoms with Crippen LogP contribution in [0.5, 0.6) is 0 Å². The van der Waals surface area contributed by atoms with Gasteiger partial charge in [-0.25, -0.2) is 4.98 Å². The smallest absolute Gasteiger partial charge is 0.201 e. The maximum atomic E-state index is 6.30. The van der Waals surface area contributed by atoms with Crippen LogP contribution in [0.3, 0.4) is 0 Å². The first-order chi connectivity index (χ1) is 8.18. The first kappa shape index (κ1) is 10.9. The van der Waals surface area contributed by atoms with Crippen LogP contribution in [-0.2, 0) is 5.54 Å². The minimum atomic E-state index is 0.143. The largest absolute Gasteiger partial charge is 0.369 e. The molecule has 0 atom stereocenters. The van der Waals surface area contributed by atoms with Crippen LogP contribution in [0, 0.1) is 0 Å². The molecule has 3 nitrogen and oxygen atoms in total. The van der Waals surface area contributed by atoms with Gasteiger partial charge in [-0.3, -0.25) is 0 Å². The lowest BCUT2D eigenvalue weighted by molar-refractivity contribution is 0.145. The lowest BCUT2D eigenvalue weighted by Gasteiger charge is -2.43. The van der Waals surface area contributed by atoms with Crippen LogP contribution in [-0.4, -0.2) is 9.55 Å². The van der Waals surface area contributed by atoms with Gasteiger partial charge in [-0.1, -0.05) is 24.6 Å². The van der Waals surface area contributed by atoms with Gasteiger partial charge in [0.25, 0.3) is 0 Å². The van der Waals surface area contributed by atoms with Crippen molar-refractivity contribution in [1.82, 2.24) is 9.55 Å². The highest BCUT2D eigenvalue weighted by Crippen LogP contribution is 2.46. The molecule has 2 aromatic rings. The summed E-state index contributed by atoms with van der Waals surface area (Å²) in [5.74, 6) is 0.592. The summed E-state index contributed by atoms with van der Waals surface area (Å²) in [5, 5.41) is 0.742. The predicted molar refractivity (Wildman–Crippen MR) is 71.3 cm³/mol. The highest BCUT2D eigenvalue weighted by atomic mass is 35.5. The number of fused-ring (bicyclic) bond motifs is 1. The Labute approximate surface area is 106 Å². The third-order valence-corrected chi connectivity index (χ3v) is 4.37. The van der Waals surface area contributed by atoms with E-state index in [-0.39, 0.29) is 5.54 Å². The number of hydrogen-bond acceptors (Lipinski definition) is 2. The van der Waals surface area contributed by atoms with E-state index in [0.29, 0.717) is 5.95 Å². The zero-order valence-electron chi connectivity index (χ0n) is 9.91. The number of anilines is 1. The van der Waals surface area contributed by atoms with Crippen LogP contribution >= 0.6 is 11.6 Å². The number of nitrogens with two attached hydrogens (primary N) is 1. The van der Waals surface area contributed by atoms with Gasteiger partial charge in [0, 0.05) is 5.54 Å². The van der Waals surface area contributed by atoms with Crippen molar-refractivity contribution in [2.24, 2.45) is 0 Å². The first-order valence-corrected chi connectivity index (χ1v) is 6.49. The third-order valence-electron chi connectivity index (χ3n) is 4.07. The third kappa shape index (κ3) is 1.38. The normalized spacial score (nSPS) is 18.2. The van der Waals surface area contributed by atoms with Crippen LogP contribution < -0.4 is 5.73 Å². The van der Waals surface area contributed by atoms with Gasteiger partial charge in [-0.15, -0.1) is 0 Å². The van der Waals surface area contributed by atoms with Crippen molar-refractivity contribution >= 4 is 28.6 Å². The molecule has 4 heteroatoms. The molecule has 1 aliphatic rings. The monoisotopic (exact) mass is 249 g/mol. The van der Waals surface area contributed by atoms with Gasteiger partial charge >= 0.3 is 0 Å². The Kier molecular flexibility index (Phi) is 2.33. The Morgan fingerprint density at radius 2 is 2.24 bits per heavy atom. The van der Waals surface area contributed by atoms with Gasteiger partial charge in [0.05, 0.1) is 16.1 Å². The van der Waals surface area contributed by atoms with Crippen LogP contribution in [0.15, 0.2) is 18.2 Å². The van der Waals surface area contributed by atoms with E-state index in [1.54, 1.807) is 0 Å². The molecule has 2 N–H and O–H groups in total. The van der Waals surface area contributed by atoms with E-state index in [4.69, 9.17) is 17.3 Å². The molecule has 0 amide bonds.